The van der Waals surface area contributed by atoms with Crippen molar-refractivity contribution in [2.24, 2.45) is 17.3 Å². The van der Waals surface area contributed by atoms with Crippen molar-refractivity contribution in [2.75, 3.05) is 24.7 Å². The van der Waals surface area contributed by atoms with Crippen LogP contribution in [0.4, 0.5) is 0 Å². The van der Waals surface area contributed by atoms with Gasteiger partial charge in [0.1, 0.15) is 0 Å². The molecule has 0 aromatic rings. The normalized spacial score (nSPS) is 41.7. The Morgan fingerprint density at radius 2 is 2.07 bits per heavy atom. The first-order valence-electron chi connectivity index (χ1n) is 5.70. The van der Waals surface area contributed by atoms with Crippen molar-refractivity contribution in [2.45, 2.75) is 19.9 Å². The van der Waals surface area contributed by atoms with E-state index < -0.39 is 0 Å². The fourth-order valence-corrected chi connectivity index (χ4v) is 4.02. The van der Waals surface area contributed by atoms with E-state index in [0.29, 0.717) is 11.3 Å². The van der Waals surface area contributed by atoms with Crippen molar-refractivity contribution < 1.29 is 4.79 Å². The third kappa shape index (κ3) is 1.41. The van der Waals surface area contributed by atoms with Gasteiger partial charge in [-0.05, 0) is 17.3 Å². The van der Waals surface area contributed by atoms with Crippen molar-refractivity contribution in [1.29, 1.82) is 0 Å². The Balaban J connectivity index is 1.60. The van der Waals surface area contributed by atoms with E-state index in [-0.39, 0.29) is 6.04 Å². The van der Waals surface area contributed by atoms with Gasteiger partial charge in [-0.25, -0.2) is 0 Å². The number of hydrogen-bond donors (Lipinski definition) is 1. The Hall–Kier alpha value is -0.220. The first-order valence-corrected chi connectivity index (χ1v) is 6.86. The van der Waals surface area contributed by atoms with E-state index >= 15 is 0 Å². The molecular formula is C11H18N2OS. The minimum Gasteiger partial charge on any atom is -0.341 e. The molecule has 1 saturated carbocycles. The lowest BCUT2D eigenvalue weighted by Gasteiger charge is -2.24. The molecule has 0 spiro atoms. The predicted octanol–water partition coefficient (Wildman–Crippen LogP) is 0.763. The van der Waals surface area contributed by atoms with Crippen LogP contribution < -0.4 is 5.32 Å². The van der Waals surface area contributed by atoms with E-state index in [1.165, 1.54) is 0 Å². The average Bonchev–Trinajstić information content (AvgIpc) is 2.79. The first kappa shape index (κ1) is 9.97. The number of thioether (sulfide) groups is 1. The molecule has 1 amide bonds. The number of nitrogens with zero attached hydrogens (tertiary/aromatic N) is 1. The zero-order valence-corrected chi connectivity index (χ0v) is 10.1. The third-order valence-corrected chi connectivity index (χ3v) is 5.39. The quantitative estimate of drug-likeness (QED) is 0.716. The van der Waals surface area contributed by atoms with E-state index in [9.17, 15) is 4.79 Å². The summed E-state index contributed by atoms with van der Waals surface area (Å²) in [5.41, 5.74) is 0.509. The van der Waals surface area contributed by atoms with Crippen LogP contribution in [0.2, 0.25) is 0 Å². The third-order valence-electron chi connectivity index (χ3n) is 4.45. The second-order valence-corrected chi connectivity index (χ2v) is 6.58. The SMILES string of the molecule is CC1(C)C2CN(C(=O)C3CSCN3)CC21. The summed E-state index contributed by atoms with van der Waals surface area (Å²) >= 11 is 1.82. The fourth-order valence-electron chi connectivity index (χ4n) is 3.09. The van der Waals surface area contributed by atoms with E-state index in [4.69, 9.17) is 0 Å². The summed E-state index contributed by atoms with van der Waals surface area (Å²) in [6.45, 7) is 6.65. The van der Waals surface area contributed by atoms with Gasteiger partial charge in [0, 0.05) is 24.7 Å². The summed E-state index contributed by atoms with van der Waals surface area (Å²) in [4.78, 5) is 14.1. The molecule has 0 bridgehead atoms. The van der Waals surface area contributed by atoms with E-state index in [0.717, 1.165) is 36.6 Å². The minimum atomic E-state index is 0.0932. The summed E-state index contributed by atoms with van der Waals surface area (Å²) in [5, 5.41) is 3.26. The molecule has 3 unspecified atom stereocenters. The summed E-state index contributed by atoms with van der Waals surface area (Å²) in [6, 6.07) is 0.0932. The zero-order chi connectivity index (χ0) is 10.6. The highest BCUT2D eigenvalue weighted by atomic mass is 32.2. The van der Waals surface area contributed by atoms with Crippen molar-refractivity contribution in [3.8, 4) is 0 Å². The van der Waals surface area contributed by atoms with Crippen LogP contribution in [0.5, 0.6) is 0 Å². The van der Waals surface area contributed by atoms with Crippen molar-refractivity contribution >= 4 is 17.7 Å². The second-order valence-electron chi connectivity index (χ2n) is 5.55. The molecule has 15 heavy (non-hydrogen) atoms. The molecule has 3 nitrogen and oxygen atoms in total. The lowest BCUT2D eigenvalue weighted by atomic mass is 10.1. The van der Waals surface area contributed by atoms with Gasteiger partial charge in [-0.2, -0.15) is 0 Å². The van der Waals surface area contributed by atoms with Crippen molar-refractivity contribution in [1.82, 2.24) is 10.2 Å². The van der Waals surface area contributed by atoms with Gasteiger partial charge in [0.15, 0.2) is 0 Å². The number of piperidine rings is 1. The Morgan fingerprint density at radius 3 is 2.60 bits per heavy atom. The molecule has 3 atom stereocenters. The number of fused-ring (bicyclic) bond motifs is 1. The molecule has 3 fully saturated rings. The molecule has 3 aliphatic rings. The molecule has 0 aromatic carbocycles. The minimum absolute atomic E-state index is 0.0932. The van der Waals surface area contributed by atoms with Crippen LogP contribution in [-0.4, -0.2) is 41.6 Å². The number of hydrogen-bond acceptors (Lipinski definition) is 3. The second kappa shape index (κ2) is 3.14. The topological polar surface area (TPSA) is 32.3 Å². The number of nitrogens with one attached hydrogen (secondary N) is 1. The number of rotatable bonds is 1. The van der Waals surface area contributed by atoms with Crippen molar-refractivity contribution in [3.63, 3.8) is 0 Å². The summed E-state index contributed by atoms with van der Waals surface area (Å²) in [7, 11) is 0. The monoisotopic (exact) mass is 226 g/mol. The molecule has 0 radical (unpaired) electrons. The standard InChI is InChI=1S/C11H18N2OS/c1-11(2)7-3-13(4-8(7)11)10(14)9-5-15-6-12-9/h7-9,12H,3-6H2,1-2H3. The molecule has 0 aromatic heterocycles. The van der Waals surface area contributed by atoms with Gasteiger partial charge >= 0.3 is 0 Å². The van der Waals surface area contributed by atoms with Gasteiger partial charge in [0.05, 0.1) is 6.04 Å². The molecular weight excluding hydrogens is 208 g/mol. The largest absolute Gasteiger partial charge is 0.341 e. The van der Waals surface area contributed by atoms with Crippen LogP contribution in [0.25, 0.3) is 0 Å². The highest BCUT2D eigenvalue weighted by molar-refractivity contribution is 7.99. The van der Waals surface area contributed by atoms with Gasteiger partial charge in [-0.15, -0.1) is 11.8 Å². The number of likely N-dealkylation sites (tertiary alicyclic amines) is 1. The average molecular weight is 226 g/mol. The summed E-state index contributed by atoms with van der Waals surface area (Å²) in [6.07, 6.45) is 0. The number of carbonyl (C=O) groups is 1. The van der Waals surface area contributed by atoms with Crippen LogP contribution in [0, 0.1) is 17.3 Å². The maximum Gasteiger partial charge on any atom is 0.240 e. The molecule has 84 valence electrons. The van der Waals surface area contributed by atoms with Gasteiger partial charge in [-0.3, -0.25) is 10.1 Å². The highest BCUT2D eigenvalue weighted by Gasteiger charge is 2.62. The molecule has 2 saturated heterocycles. The molecule has 1 N–H and O–H groups in total. The van der Waals surface area contributed by atoms with E-state index in [2.05, 4.69) is 24.1 Å². The van der Waals surface area contributed by atoms with Crippen LogP contribution >= 0.6 is 11.8 Å². The van der Waals surface area contributed by atoms with Crippen LogP contribution in [0.1, 0.15) is 13.8 Å². The fraction of sp³-hybridized carbons (Fsp3) is 0.909. The van der Waals surface area contributed by atoms with Crippen LogP contribution in [0.15, 0.2) is 0 Å². The molecule has 1 aliphatic carbocycles. The van der Waals surface area contributed by atoms with Gasteiger partial charge in [-0.1, -0.05) is 13.8 Å². The molecule has 3 rings (SSSR count). The zero-order valence-electron chi connectivity index (χ0n) is 9.32. The maximum absolute atomic E-state index is 12.1. The first-order chi connectivity index (χ1) is 7.10. The maximum atomic E-state index is 12.1. The Morgan fingerprint density at radius 1 is 1.40 bits per heavy atom. The Kier molecular flexibility index (Phi) is 2.09. The van der Waals surface area contributed by atoms with Gasteiger partial charge in [0.2, 0.25) is 5.91 Å². The summed E-state index contributed by atoms with van der Waals surface area (Å²) < 4.78 is 0. The lowest BCUT2D eigenvalue weighted by molar-refractivity contribution is -0.132. The van der Waals surface area contributed by atoms with Crippen LogP contribution in [-0.2, 0) is 4.79 Å². The van der Waals surface area contributed by atoms with Gasteiger partial charge < -0.3 is 4.90 Å². The lowest BCUT2D eigenvalue weighted by Crippen LogP contribution is -2.45. The van der Waals surface area contributed by atoms with E-state index in [1.807, 2.05) is 11.8 Å². The predicted molar refractivity (Wildman–Crippen MR) is 61.6 cm³/mol. The molecule has 4 heteroatoms. The van der Waals surface area contributed by atoms with E-state index in [1.54, 1.807) is 0 Å². The van der Waals surface area contributed by atoms with Crippen LogP contribution in [0.3, 0.4) is 0 Å². The summed E-state index contributed by atoms with van der Waals surface area (Å²) in [5.74, 6) is 3.77. The van der Waals surface area contributed by atoms with Crippen molar-refractivity contribution in [3.05, 3.63) is 0 Å². The molecule has 2 heterocycles. The number of carbonyl (C=O) groups excluding carboxylic acids is 1. The Labute approximate surface area is 95.0 Å². The van der Waals surface area contributed by atoms with Gasteiger partial charge in [0.25, 0.3) is 0 Å². The number of amides is 1. The Bertz CT molecular complexity index is 285. The highest BCUT2D eigenvalue weighted by Crippen LogP contribution is 2.61. The molecule has 2 aliphatic heterocycles. The smallest absolute Gasteiger partial charge is 0.240 e.